The Morgan fingerprint density at radius 1 is 1.25 bits per heavy atom. The summed E-state index contributed by atoms with van der Waals surface area (Å²) in [6.45, 7) is 8.60. The summed E-state index contributed by atoms with van der Waals surface area (Å²) in [5.41, 5.74) is 0.355. The van der Waals surface area contributed by atoms with E-state index < -0.39 is 5.60 Å². The van der Waals surface area contributed by atoms with Gasteiger partial charge in [0.1, 0.15) is 5.60 Å². The minimum absolute atomic E-state index is 0.217. The quantitative estimate of drug-likeness (QED) is 0.794. The van der Waals surface area contributed by atoms with Crippen LogP contribution < -0.4 is 5.32 Å². The molecule has 0 aliphatic carbocycles. The summed E-state index contributed by atoms with van der Waals surface area (Å²) in [6, 6.07) is 7.18. The lowest BCUT2D eigenvalue weighted by atomic mass is 10.2. The number of halogens is 1. The summed E-state index contributed by atoms with van der Waals surface area (Å²) in [6.07, 6.45) is 2.78. The van der Waals surface area contributed by atoms with Gasteiger partial charge in [0.05, 0.1) is 0 Å². The van der Waals surface area contributed by atoms with Gasteiger partial charge in [-0.25, -0.2) is 4.79 Å². The molecule has 0 aliphatic heterocycles. The van der Waals surface area contributed by atoms with Crippen LogP contribution in [-0.4, -0.2) is 42.1 Å². The second-order valence-electron chi connectivity index (χ2n) is 6.24. The molecule has 0 radical (unpaired) electrons. The molecule has 0 saturated carbocycles. The molecule has 24 heavy (non-hydrogen) atoms. The average Bonchev–Trinajstić information content (AvgIpc) is 2.49. The topological polar surface area (TPSA) is 58.6 Å². The Morgan fingerprint density at radius 2 is 1.88 bits per heavy atom. The van der Waals surface area contributed by atoms with Crippen LogP contribution in [0.5, 0.6) is 0 Å². The normalized spacial score (nSPS) is 11.4. The number of carbonyl (C=O) groups excluding carboxylic acids is 2. The van der Waals surface area contributed by atoms with Gasteiger partial charge in [-0.15, -0.1) is 0 Å². The van der Waals surface area contributed by atoms with E-state index in [1.165, 1.54) is 6.08 Å². The zero-order valence-corrected chi connectivity index (χ0v) is 15.4. The first-order chi connectivity index (χ1) is 11.2. The molecular weight excluding hydrogens is 328 g/mol. The van der Waals surface area contributed by atoms with E-state index in [0.29, 0.717) is 24.7 Å². The van der Waals surface area contributed by atoms with E-state index in [2.05, 4.69) is 5.32 Å². The molecule has 0 unspecified atom stereocenters. The van der Waals surface area contributed by atoms with Crippen LogP contribution in [0.3, 0.4) is 0 Å². The van der Waals surface area contributed by atoms with Gasteiger partial charge in [0.15, 0.2) is 0 Å². The van der Waals surface area contributed by atoms with Crippen molar-refractivity contribution in [3.8, 4) is 0 Å². The van der Waals surface area contributed by atoms with Crippen molar-refractivity contribution in [1.82, 2.24) is 10.2 Å². The zero-order chi connectivity index (χ0) is 18.2. The third-order valence-corrected chi connectivity index (χ3v) is 3.26. The SMILES string of the molecule is CCN(CCNC(=O)/C=C/c1ccc(Cl)cc1)C(=O)OC(C)(C)C. The fraction of sp³-hybridized carbons (Fsp3) is 0.444. The summed E-state index contributed by atoms with van der Waals surface area (Å²) in [5, 5.41) is 3.40. The second kappa shape index (κ2) is 9.33. The van der Waals surface area contributed by atoms with Gasteiger partial charge in [-0.05, 0) is 51.5 Å². The monoisotopic (exact) mass is 352 g/mol. The van der Waals surface area contributed by atoms with E-state index in [1.807, 2.05) is 39.8 Å². The maximum Gasteiger partial charge on any atom is 0.410 e. The van der Waals surface area contributed by atoms with Crippen molar-refractivity contribution in [3.63, 3.8) is 0 Å². The van der Waals surface area contributed by atoms with Crippen molar-refractivity contribution in [2.45, 2.75) is 33.3 Å². The zero-order valence-electron chi connectivity index (χ0n) is 14.6. The summed E-state index contributed by atoms with van der Waals surface area (Å²) in [7, 11) is 0. The Morgan fingerprint density at radius 3 is 2.42 bits per heavy atom. The van der Waals surface area contributed by atoms with Gasteiger partial charge in [0.25, 0.3) is 0 Å². The lowest BCUT2D eigenvalue weighted by Crippen LogP contribution is -2.41. The van der Waals surface area contributed by atoms with Crippen molar-refractivity contribution in [2.24, 2.45) is 0 Å². The van der Waals surface area contributed by atoms with Crippen molar-refractivity contribution in [1.29, 1.82) is 0 Å². The van der Waals surface area contributed by atoms with Crippen LogP contribution in [0.2, 0.25) is 5.02 Å². The number of nitrogens with one attached hydrogen (secondary N) is 1. The number of rotatable bonds is 6. The molecule has 132 valence electrons. The Kier molecular flexibility index (Phi) is 7.79. The number of hydrogen-bond donors (Lipinski definition) is 1. The molecule has 2 amide bonds. The molecule has 1 rings (SSSR count). The van der Waals surface area contributed by atoms with Crippen molar-refractivity contribution >= 4 is 29.7 Å². The maximum absolute atomic E-state index is 12.0. The molecule has 5 nitrogen and oxygen atoms in total. The molecule has 0 bridgehead atoms. The Labute approximate surface area is 148 Å². The van der Waals surface area contributed by atoms with Crippen LogP contribution in [-0.2, 0) is 9.53 Å². The molecule has 0 atom stereocenters. The first kappa shape index (κ1) is 20.0. The Hall–Kier alpha value is -2.01. The molecule has 1 aromatic carbocycles. The lowest BCUT2D eigenvalue weighted by Gasteiger charge is -2.26. The van der Waals surface area contributed by atoms with Crippen LogP contribution in [0, 0.1) is 0 Å². The third kappa shape index (κ3) is 8.02. The second-order valence-corrected chi connectivity index (χ2v) is 6.67. The van der Waals surface area contributed by atoms with E-state index in [1.54, 1.807) is 23.1 Å². The molecule has 0 saturated heterocycles. The molecule has 0 heterocycles. The molecule has 1 aromatic rings. The maximum atomic E-state index is 12.0. The fourth-order valence-corrected chi connectivity index (χ4v) is 1.95. The van der Waals surface area contributed by atoms with E-state index in [4.69, 9.17) is 16.3 Å². The molecule has 0 fully saturated rings. The van der Waals surface area contributed by atoms with Gasteiger partial charge < -0.3 is 15.0 Å². The highest BCUT2D eigenvalue weighted by atomic mass is 35.5. The van der Waals surface area contributed by atoms with Gasteiger partial charge in [-0.2, -0.15) is 0 Å². The smallest absolute Gasteiger partial charge is 0.410 e. The van der Waals surface area contributed by atoms with Gasteiger partial charge in [0.2, 0.25) is 5.91 Å². The number of nitrogens with zero attached hydrogens (tertiary/aromatic N) is 1. The standard InChI is InChI=1S/C18H25ClN2O3/c1-5-21(17(23)24-18(2,3)4)13-12-20-16(22)11-8-14-6-9-15(19)10-7-14/h6-11H,5,12-13H2,1-4H3,(H,20,22)/b11-8+. The Bertz CT molecular complexity index is 577. The van der Waals surface area contributed by atoms with Crippen LogP contribution in [0.25, 0.3) is 6.08 Å². The van der Waals surface area contributed by atoms with Crippen LogP contribution in [0.4, 0.5) is 4.79 Å². The van der Waals surface area contributed by atoms with Crippen LogP contribution in [0.1, 0.15) is 33.3 Å². The molecule has 0 aromatic heterocycles. The first-order valence-electron chi connectivity index (χ1n) is 7.90. The molecule has 0 spiro atoms. The molecule has 0 aliphatic rings. The fourth-order valence-electron chi connectivity index (χ4n) is 1.82. The summed E-state index contributed by atoms with van der Waals surface area (Å²) in [5.74, 6) is -0.217. The number of carbonyl (C=O) groups is 2. The molecular formula is C18H25ClN2O3. The van der Waals surface area contributed by atoms with Crippen LogP contribution >= 0.6 is 11.6 Å². The van der Waals surface area contributed by atoms with Crippen molar-refractivity contribution in [2.75, 3.05) is 19.6 Å². The van der Waals surface area contributed by atoms with Gasteiger partial charge in [0, 0.05) is 30.7 Å². The number of hydrogen-bond acceptors (Lipinski definition) is 3. The number of benzene rings is 1. The lowest BCUT2D eigenvalue weighted by molar-refractivity contribution is -0.116. The van der Waals surface area contributed by atoms with Gasteiger partial charge in [-0.3, -0.25) is 4.79 Å². The van der Waals surface area contributed by atoms with E-state index >= 15 is 0 Å². The largest absolute Gasteiger partial charge is 0.444 e. The molecule has 6 heteroatoms. The molecule has 1 N–H and O–H groups in total. The van der Waals surface area contributed by atoms with Gasteiger partial charge in [-0.1, -0.05) is 23.7 Å². The predicted octanol–water partition coefficient (Wildman–Crippen LogP) is 3.73. The third-order valence-electron chi connectivity index (χ3n) is 3.01. The minimum atomic E-state index is -0.533. The highest BCUT2D eigenvalue weighted by Crippen LogP contribution is 2.11. The van der Waals surface area contributed by atoms with E-state index in [-0.39, 0.29) is 12.0 Å². The summed E-state index contributed by atoms with van der Waals surface area (Å²) >= 11 is 5.81. The van der Waals surface area contributed by atoms with Crippen molar-refractivity contribution < 1.29 is 14.3 Å². The summed E-state index contributed by atoms with van der Waals surface area (Å²) in [4.78, 5) is 25.3. The number of ether oxygens (including phenoxy) is 1. The highest BCUT2D eigenvalue weighted by Gasteiger charge is 2.20. The van der Waals surface area contributed by atoms with Crippen LogP contribution in [0.15, 0.2) is 30.3 Å². The van der Waals surface area contributed by atoms with E-state index in [9.17, 15) is 9.59 Å². The number of amides is 2. The van der Waals surface area contributed by atoms with E-state index in [0.717, 1.165) is 5.56 Å². The summed E-state index contributed by atoms with van der Waals surface area (Å²) < 4.78 is 5.31. The minimum Gasteiger partial charge on any atom is -0.444 e. The first-order valence-corrected chi connectivity index (χ1v) is 8.28. The number of likely N-dealkylation sites (N-methyl/N-ethyl adjacent to an activating group) is 1. The van der Waals surface area contributed by atoms with Crippen molar-refractivity contribution in [3.05, 3.63) is 40.9 Å². The average molecular weight is 353 g/mol. The predicted molar refractivity (Wildman–Crippen MR) is 97.0 cm³/mol. The Balaban J connectivity index is 2.40. The van der Waals surface area contributed by atoms with Gasteiger partial charge >= 0.3 is 6.09 Å². The highest BCUT2D eigenvalue weighted by molar-refractivity contribution is 6.30.